The first kappa shape index (κ1) is 7.56. The van der Waals surface area contributed by atoms with Gasteiger partial charge in [0.15, 0.2) is 0 Å². The van der Waals surface area contributed by atoms with Gasteiger partial charge in [0.05, 0.1) is 12.0 Å². The van der Waals surface area contributed by atoms with E-state index >= 15 is 0 Å². The van der Waals surface area contributed by atoms with Crippen LogP contribution in [-0.4, -0.2) is 25.0 Å². The first-order valence-corrected chi connectivity index (χ1v) is 3.82. The average Bonchev–Trinajstić information content (AvgIpc) is 1.88. The number of hydrogen-bond acceptors (Lipinski definition) is 2. The molecule has 0 aliphatic carbocycles. The largest absolute Gasteiger partial charge is 0.306 e. The van der Waals surface area contributed by atoms with E-state index in [-0.39, 0.29) is 0 Å². The van der Waals surface area contributed by atoms with Gasteiger partial charge in [0.25, 0.3) is 0 Å². The molecule has 0 N–H and O–H groups in total. The van der Waals surface area contributed by atoms with Crippen molar-refractivity contribution in [3.05, 3.63) is 0 Å². The summed E-state index contributed by atoms with van der Waals surface area (Å²) < 4.78 is 0. The predicted octanol–water partition coefficient (Wildman–Crippen LogP) is 1.10. The maximum atomic E-state index is 8.68. The summed E-state index contributed by atoms with van der Waals surface area (Å²) in [4.78, 5) is 2.29. The minimum Gasteiger partial charge on any atom is -0.306 e. The van der Waals surface area contributed by atoms with Crippen LogP contribution >= 0.6 is 0 Å². The predicted molar refractivity (Wildman–Crippen MR) is 40.4 cm³/mol. The van der Waals surface area contributed by atoms with Gasteiger partial charge < -0.3 is 4.90 Å². The van der Waals surface area contributed by atoms with E-state index in [1.54, 1.807) is 0 Å². The third-order valence-corrected chi connectivity index (χ3v) is 2.27. The van der Waals surface area contributed by atoms with Gasteiger partial charge in [-0.2, -0.15) is 5.26 Å². The molecule has 56 valence electrons. The highest BCUT2D eigenvalue weighted by molar-refractivity contribution is 4.90. The zero-order chi connectivity index (χ0) is 7.56. The van der Waals surface area contributed by atoms with Gasteiger partial charge >= 0.3 is 0 Å². The van der Waals surface area contributed by atoms with Crippen LogP contribution < -0.4 is 0 Å². The lowest BCUT2D eigenvalue weighted by Crippen LogP contribution is -2.35. The molecule has 2 heteroatoms. The Hall–Kier alpha value is -0.550. The molecule has 10 heavy (non-hydrogen) atoms. The smallest absolute Gasteiger partial charge is 0.0659 e. The molecule has 1 fully saturated rings. The molecule has 0 radical (unpaired) electrons. The van der Waals surface area contributed by atoms with Crippen LogP contribution in [0.25, 0.3) is 0 Å². The van der Waals surface area contributed by atoms with Crippen LogP contribution in [0.2, 0.25) is 0 Å². The van der Waals surface area contributed by atoms with E-state index in [9.17, 15) is 0 Å². The van der Waals surface area contributed by atoms with E-state index in [0.29, 0.717) is 11.8 Å². The van der Waals surface area contributed by atoms with Crippen LogP contribution in [0.5, 0.6) is 0 Å². The van der Waals surface area contributed by atoms with Crippen molar-refractivity contribution in [2.24, 2.45) is 11.8 Å². The lowest BCUT2D eigenvalue weighted by atomic mass is 9.88. The van der Waals surface area contributed by atoms with E-state index in [1.807, 2.05) is 0 Å². The van der Waals surface area contributed by atoms with Gasteiger partial charge in [0.1, 0.15) is 0 Å². The lowest BCUT2D eigenvalue weighted by Gasteiger charge is -2.30. The zero-order valence-electron chi connectivity index (χ0n) is 6.67. The first-order chi connectivity index (χ1) is 4.74. The van der Waals surface area contributed by atoms with Crippen LogP contribution in [0, 0.1) is 23.2 Å². The molecule has 0 aromatic carbocycles. The number of nitriles is 1. The van der Waals surface area contributed by atoms with Crippen LogP contribution in [-0.2, 0) is 0 Å². The van der Waals surface area contributed by atoms with Gasteiger partial charge in [-0.05, 0) is 25.9 Å². The Morgan fingerprint density at radius 2 is 2.30 bits per heavy atom. The molecular weight excluding hydrogens is 124 g/mol. The molecule has 0 aromatic rings. The molecule has 0 bridgehead atoms. The Kier molecular flexibility index (Phi) is 2.29. The molecule has 2 nitrogen and oxygen atoms in total. The molecular formula is C8H14N2. The standard InChI is InChI=1S/C8H14N2/c1-7-6-10(2)4-3-8(7)5-9/h7-8H,3-4,6H2,1-2H3. The van der Waals surface area contributed by atoms with Gasteiger partial charge in [0.2, 0.25) is 0 Å². The maximum Gasteiger partial charge on any atom is 0.0659 e. The SMILES string of the molecule is CC1CN(C)CCC1C#N. The van der Waals surface area contributed by atoms with Crippen molar-refractivity contribution in [1.82, 2.24) is 4.90 Å². The molecule has 1 rings (SSSR count). The van der Waals surface area contributed by atoms with Crippen molar-refractivity contribution in [3.8, 4) is 6.07 Å². The first-order valence-electron chi connectivity index (χ1n) is 3.82. The summed E-state index contributed by atoms with van der Waals surface area (Å²) in [6.45, 7) is 4.32. The second-order valence-electron chi connectivity index (χ2n) is 3.26. The average molecular weight is 138 g/mol. The molecule has 1 aliphatic rings. The van der Waals surface area contributed by atoms with Crippen molar-refractivity contribution in [2.75, 3.05) is 20.1 Å². The summed E-state index contributed by atoms with van der Waals surface area (Å²) in [5.41, 5.74) is 0. The molecule has 0 amide bonds. The highest BCUT2D eigenvalue weighted by Gasteiger charge is 2.23. The number of hydrogen-bond donors (Lipinski definition) is 0. The summed E-state index contributed by atoms with van der Waals surface area (Å²) in [5, 5.41) is 8.68. The van der Waals surface area contributed by atoms with Crippen LogP contribution in [0.15, 0.2) is 0 Å². The maximum absolute atomic E-state index is 8.68. The van der Waals surface area contributed by atoms with E-state index in [0.717, 1.165) is 19.5 Å². The van der Waals surface area contributed by atoms with Crippen molar-refractivity contribution in [3.63, 3.8) is 0 Å². The number of piperidine rings is 1. The fourth-order valence-corrected chi connectivity index (χ4v) is 1.55. The van der Waals surface area contributed by atoms with Gasteiger partial charge in [-0.15, -0.1) is 0 Å². The van der Waals surface area contributed by atoms with E-state index in [1.165, 1.54) is 0 Å². The minimum absolute atomic E-state index is 0.302. The van der Waals surface area contributed by atoms with E-state index < -0.39 is 0 Å². The van der Waals surface area contributed by atoms with Gasteiger partial charge in [-0.3, -0.25) is 0 Å². The topological polar surface area (TPSA) is 27.0 Å². The van der Waals surface area contributed by atoms with Crippen LogP contribution in [0.3, 0.4) is 0 Å². The van der Waals surface area contributed by atoms with Gasteiger partial charge in [-0.25, -0.2) is 0 Å². The number of rotatable bonds is 0. The summed E-state index contributed by atoms with van der Waals surface area (Å²) in [7, 11) is 2.12. The Morgan fingerprint density at radius 3 is 2.80 bits per heavy atom. The normalized spacial score (nSPS) is 35.3. The Bertz CT molecular complexity index is 148. The van der Waals surface area contributed by atoms with E-state index in [4.69, 9.17) is 5.26 Å². The molecule has 1 heterocycles. The summed E-state index contributed by atoms with van der Waals surface area (Å²) in [5.74, 6) is 0.861. The van der Waals surface area contributed by atoms with Crippen molar-refractivity contribution in [2.45, 2.75) is 13.3 Å². The van der Waals surface area contributed by atoms with Gasteiger partial charge in [0, 0.05) is 6.54 Å². The molecule has 0 spiro atoms. The fraction of sp³-hybridized carbons (Fsp3) is 0.875. The Balaban J connectivity index is 2.45. The van der Waals surface area contributed by atoms with Crippen molar-refractivity contribution >= 4 is 0 Å². The minimum atomic E-state index is 0.302. The molecule has 0 aromatic heterocycles. The molecule has 1 saturated heterocycles. The highest BCUT2D eigenvalue weighted by Crippen LogP contribution is 2.20. The Labute approximate surface area is 62.4 Å². The molecule has 0 saturated carbocycles. The lowest BCUT2D eigenvalue weighted by molar-refractivity contribution is 0.185. The van der Waals surface area contributed by atoms with Gasteiger partial charge in [-0.1, -0.05) is 6.92 Å². The number of nitrogens with zero attached hydrogens (tertiary/aromatic N) is 2. The second kappa shape index (κ2) is 3.03. The summed E-state index contributed by atoms with van der Waals surface area (Å²) in [6.07, 6.45) is 1.05. The van der Waals surface area contributed by atoms with E-state index in [2.05, 4.69) is 24.9 Å². The van der Waals surface area contributed by atoms with Crippen molar-refractivity contribution in [1.29, 1.82) is 5.26 Å². The summed E-state index contributed by atoms with van der Waals surface area (Å²) >= 11 is 0. The third-order valence-electron chi connectivity index (χ3n) is 2.27. The molecule has 2 unspecified atom stereocenters. The molecule has 2 atom stereocenters. The van der Waals surface area contributed by atoms with Crippen molar-refractivity contribution < 1.29 is 0 Å². The third kappa shape index (κ3) is 1.48. The Morgan fingerprint density at radius 1 is 1.60 bits per heavy atom. The summed E-state index contributed by atoms with van der Waals surface area (Å²) in [6, 6.07) is 2.35. The molecule has 1 aliphatic heterocycles. The van der Waals surface area contributed by atoms with Crippen LogP contribution in [0.4, 0.5) is 0 Å². The second-order valence-corrected chi connectivity index (χ2v) is 3.26. The van der Waals surface area contributed by atoms with Crippen LogP contribution in [0.1, 0.15) is 13.3 Å². The fourth-order valence-electron chi connectivity index (χ4n) is 1.55. The zero-order valence-corrected chi connectivity index (χ0v) is 6.67. The quantitative estimate of drug-likeness (QED) is 0.501. The number of likely N-dealkylation sites (tertiary alicyclic amines) is 1. The monoisotopic (exact) mass is 138 g/mol. The highest BCUT2D eigenvalue weighted by atomic mass is 15.1.